The molecule has 6 heteroatoms. The summed E-state index contributed by atoms with van der Waals surface area (Å²) in [4.78, 5) is 12.3. The summed E-state index contributed by atoms with van der Waals surface area (Å²) in [7, 11) is -3.14. The van der Waals surface area contributed by atoms with Gasteiger partial charge in [-0.15, -0.1) is 0 Å². The minimum Gasteiger partial charge on any atom is -0.322 e. The number of halogens is 1. The predicted octanol–water partition coefficient (Wildman–Crippen LogP) is 3.45. The van der Waals surface area contributed by atoms with Crippen molar-refractivity contribution in [3.8, 4) is 0 Å². The maximum Gasteiger partial charge on any atom is 0.255 e. The van der Waals surface area contributed by atoms with Crippen molar-refractivity contribution in [3.63, 3.8) is 0 Å². The molecule has 0 aliphatic carbocycles. The number of benzene rings is 2. The molecule has 0 saturated heterocycles. The Kier molecular flexibility index (Phi) is 4.88. The number of amides is 1. The molecule has 0 fully saturated rings. The third kappa shape index (κ3) is 4.32. The second-order valence-corrected chi connectivity index (χ2v) is 7.68. The standard InChI is InChI=1S/C16H16ClNO3S/c1-11-14(17)7-4-8-15(11)18-16(19)13-6-3-5-12(9-13)10-22(2,20)21/h3-9H,10H2,1-2H3,(H,18,19). The molecule has 2 rings (SSSR count). The summed E-state index contributed by atoms with van der Waals surface area (Å²) in [6, 6.07) is 11.8. The minimum atomic E-state index is -3.14. The normalized spacial score (nSPS) is 11.2. The molecule has 4 nitrogen and oxygen atoms in total. The van der Waals surface area contributed by atoms with E-state index >= 15 is 0 Å². The van der Waals surface area contributed by atoms with Crippen LogP contribution >= 0.6 is 11.6 Å². The number of nitrogens with one attached hydrogen (secondary N) is 1. The fraction of sp³-hybridized carbons (Fsp3) is 0.188. The van der Waals surface area contributed by atoms with Gasteiger partial charge in [0.2, 0.25) is 0 Å². The third-order valence-corrected chi connectivity index (χ3v) is 4.40. The van der Waals surface area contributed by atoms with Crippen molar-refractivity contribution >= 4 is 33.0 Å². The molecule has 2 aromatic carbocycles. The van der Waals surface area contributed by atoms with Gasteiger partial charge in [0.25, 0.3) is 5.91 Å². The van der Waals surface area contributed by atoms with Gasteiger partial charge in [-0.05, 0) is 42.3 Å². The Bertz CT molecular complexity index is 816. The van der Waals surface area contributed by atoms with Crippen LogP contribution in [0.2, 0.25) is 5.02 Å². The van der Waals surface area contributed by atoms with E-state index in [4.69, 9.17) is 11.6 Å². The van der Waals surface area contributed by atoms with Gasteiger partial charge in [-0.3, -0.25) is 4.79 Å². The van der Waals surface area contributed by atoms with Crippen LogP contribution in [0.25, 0.3) is 0 Å². The highest BCUT2D eigenvalue weighted by atomic mass is 35.5. The largest absolute Gasteiger partial charge is 0.322 e. The van der Waals surface area contributed by atoms with E-state index < -0.39 is 9.84 Å². The first-order chi connectivity index (χ1) is 10.3. The summed E-state index contributed by atoms with van der Waals surface area (Å²) < 4.78 is 22.7. The van der Waals surface area contributed by atoms with Gasteiger partial charge in [0.15, 0.2) is 9.84 Å². The SMILES string of the molecule is Cc1c(Cl)cccc1NC(=O)c1cccc(CS(C)(=O)=O)c1. The maximum absolute atomic E-state index is 12.3. The van der Waals surface area contributed by atoms with Crippen LogP contribution in [0.1, 0.15) is 21.5 Å². The topological polar surface area (TPSA) is 63.2 Å². The molecule has 0 aliphatic rings. The zero-order valence-electron chi connectivity index (χ0n) is 12.3. The highest BCUT2D eigenvalue weighted by Gasteiger charge is 2.11. The Morgan fingerprint density at radius 2 is 1.86 bits per heavy atom. The lowest BCUT2D eigenvalue weighted by molar-refractivity contribution is 0.102. The first kappa shape index (κ1) is 16.5. The van der Waals surface area contributed by atoms with Gasteiger partial charge in [-0.2, -0.15) is 0 Å². The molecule has 2 aromatic rings. The molecule has 0 radical (unpaired) electrons. The average Bonchev–Trinajstić information content (AvgIpc) is 2.42. The van der Waals surface area contributed by atoms with Gasteiger partial charge in [0.1, 0.15) is 0 Å². The smallest absolute Gasteiger partial charge is 0.255 e. The van der Waals surface area contributed by atoms with Crippen molar-refractivity contribution in [1.29, 1.82) is 0 Å². The van der Waals surface area contributed by atoms with Gasteiger partial charge in [0, 0.05) is 22.5 Å². The Hall–Kier alpha value is -1.85. The van der Waals surface area contributed by atoms with Crippen molar-refractivity contribution < 1.29 is 13.2 Å². The molecule has 0 saturated carbocycles. The Balaban J connectivity index is 2.23. The Morgan fingerprint density at radius 3 is 2.55 bits per heavy atom. The minimum absolute atomic E-state index is 0.0929. The highest BCUT2D eigenvalue weighted by molar-refractivity contribution is 7.89. The van der Waals surface area contributed by atoms with Gasteiger partial charge < -0.3 is 5.32 Å². The quantitative estimate of drug-likeness (QED) is 0.929. The summed E-state index contributed by atoms with van der Waals surface area (Å²) in [5.41, 5.74) is 2.40. The Morgan fingerprint density at radius 1 is 1.18 bits per heavy atom. The average molecular weight is 338 g/mol. The molecule has 1 N–H and O–H groups in total. The number of rotatable bonds is 4. The molecule has 0 heterocycles. The molecule has 22 heavy (non-hydrogen) atoms. The van der Waals surface area contributed by atoms with Crippen LogP contribution in [-0.4, -0.2) is 20.6 Å². The lowest BCUT2D eigenvalue weighted by Gasteiger charge is -2.10. The molecule has 0 spiro atoms. The zero-order chi connectivity index (χ0) is 16.3. The van der Waals surface area contributed by atoms with Crippen LogP contribution in [0.3, 0.4) is 0 Å². The highest BCUT2D eigenvalue weighted by Crippen LogP contribution is 2.23. The molecule has 116 valence electrons. The van der Waals surface area contributed by atoms with E-state index in [9.17, 15) is 13.2 Å². The molecular formula is C16H16ClNO3S. The van der Waals surface area contributed by atoms with Gasteiger partial charge >= 0.3 is 0 Å². The molecule has 0 bridgehead atoms. The van der Waals surface area contributed by atoms with E-state index in [1.165, 1.54) is 0 Å². The van der Waals surface area contributed by atoms with Crippen molar-refractivity contribution in [1.82, 2.24) is 0 Å². The van der Waals surface area contributed by atoms with Crippen LogP contribution < -0.4 is 5.32 Å². The fourth-order valence-electron chi connectivity index (χ4n) is 2.04. The third-order valence-electron chi connectivity index (χ3n) is 3.13. The summed E-state index contributed by atoms with van der Waals surface area (Å²) in [5, 5.41) is 3.36. The number of hydrogen-bond donors (Lipinski definition) is 1. The van der Waals surface area contributed by atoms with Crippen molar-refractivity contribution in [2.75, 3.05) is 11.6 Å². The maximum atomic E-state index is 12.3. The first-order valence-corrected chi connectivity index (χ1v) is 9.03. The molecule has 0 atom stereocenters. The number of carbonyl (C=O) groups is 1. The second kappa shape index (κ2) is 6.50. The van der Waals surface area contributed by atoms with Gasteiger partial charge in [0.05, 0.1) is 5.75 Å². The number of anilines is 1. The van der Waals surface area contributed by atoms with Gasteiger partial charge in [-0.25, -0.2) is 8.42 Å². The first-order valence-electron chi connectivity index (χ1n) is 6.59. The van der Waals surface area contributed by atoms with E-state index in [0.29, 0.717) is 21.8 Å². The summed E-state index contributed by atoms with van der Waals surface area (Å²) >= 11 is 6.02. The van der Waals surface area contributed by atoms with Gasteiger partial charge in [-0.1, -0.05) is 29.8 Å². The molecule has 0 unspecified atom stereocenters. The van der Waals surface area contributed by atoms with Crippen molar-refractivity contribution in [3.05, 3.63) is 64.2 Å². The number of carbonyl (C=O) groups excluding carboxylic acids is 1. The molecule has 0 aliphatic heterocycles. The predicted molar refractivity (Wildman–Crippen MR) is 89.1 cm³/mol. The Labute approximate surface area is 135 Å². The number of sulfone groups is 1. The molecule has 0 aromatic heterocycles. The molecule has 1 amide bonds. The van der Waals surface area contributed by atoms with E-state index in [0.717, 1.165) is 11.8 Å². The lowest BCUT2D eigenvalue weighted by atomic mass is 10.1. The summed E-state index contributed by atoms with van der Waals surface area (Å²) in [6.07, 6.45) is 1.16. The van der Waals surface area contributed by atoms with E-state index in [1.807, 2.05) is 6.92 Å². The van der Waals surface area contributed by atoms with Crippen molar-refractivity contribution in [2.24, 2.45) is 0 Å². The van der Waals surface area contributed by atoms with E-state index in [2.05, 4.69) is 5.32 Å². The van der Waals surface area contributed by atoms with E-state index in [1.54, 1.807) is 42.5 Å². The van der Waals surface area contributed by atoms with Crippen LogP contribution in [0, 0.1) is 6.92 Å². The van der Waals surface area contributed by atoms with Crippen molar-refractivity contribution in [2.45, 2.75) is 12.7 Å². The number of hydrogen-bond acceptors (Lipinski definition) is 3. The van der Waals surface area contributed by atoms with Crippen LogP contribution in [0.15, 0.2) is 42.5 Å². The van der Waals surface area contributed by atoms with Crippen LogP contribution in [0.5, 0.6) is 0 Å². The van der Waals surface area contributed by atoms with Crippen LogP contribution in [0.4, 0.5) is 5.69 Å². The van der Waals surface area contributed by atoms with E-state index in [-0.39, 0.29) is 11.7 Å². The summed E-state index contributed by atoms with van der Waals surface area (Å²) in [5.74, 6) is -0.398. The monoisotopic (exact) mass is 337 g/mol. The second-order valence-electron chi connectivity index (χ2n) is 5.14. The molecular weight excluding hydrogens is 322 g/mol. The summed E-state index contributed by atoms with van der Waals surface area (Å²) in [6.45, 7) is 1.82. The lowest BCUT2D eigenvalue weighted by Crippen LogP contribution is -2.13. The zero-order valence-corrected chi connectivity index (χ0v) is 13.8. The van der Waals surface area contributed by atoms with Crippen LogP contribution in [-0.2, 0) is 15.6 Å². The fourth-order valence-corrected chi connectivity index (χ4v) is 3.00.